The molecule has 0 heterocycles. The normalized spacial score (nSPS) is 11.2. The van der Waals surface area contributed by atoms with Crippen molar-refractivity contribution in [2.24, 2.45) is 5.73 Å². The summed E-state index contributed by atoms with van der Waals surface area (Å²) >= 11 is 5.92. The Bertz CT molecular complexity index is 467. The number of carbonyl (C=O) groups is 1. The van der Waals surface area contributed by atoms with Crippen molar-refractivity contribution in [3.05, 3.63) is 28.8 Å². The molecule has 4 nitrogen and oxygen atoms in total. The van der Waals surface area contributed by atoms with Crippen molar-refractivity contribution in [2.75, 3.05) is 19.7 Å². The molecular weight excluding hydrogens is 297 g/mol. The van der Waals surface area contributed by atoms with E-state index >= 15 is 0 Å². The molecule has 0 unspecified atom stereocenters. The molecule has 20 heavy (non-hydrogen) atoms. The van der Waals surface area contributed by atoms with Crippen LogP contribution in [0.1, 0.15) is 5.56 Å². The summed E-state index contributed by atoms with van der Waals surface area (Å²) in [6, 6.07) is 4.91. The number of rotatable bonds is 6. The molecule has 112 valence electrons. The minimum atomic E-state index is -4.45. The fourth-order valence-corrected chi connectivity index (χ4v) is 1.63. The molecular formula is C12H14ClF3N2O2. The van der Waals surface area contributed by atoms with Gasteiger partial charge in [0.05, 0.1) is 5.02 Å². The van der Waals surface area contributed by atoms with E-state index in [-0.39, 0.29) is 10.8 Å². The summed E-state index contributed by atoms with van der Waals surface area (Å²) in [5.41, 5.74) is 6.31. The van der Waals surface area contributed by atoms with Crippen LogP contribution in [0, 0.1) is 0 Å². The second kappa shape index (κ2) is 7.35. The smallest absolute Gasteiger partial charge is 0.405 e. The maximum atomic E-state index is 11.9. The minimum Gasteiger partial charge on any atom is -0.482 e. The lowest BCUT2D eigenvalue weighted by atomic mass is 10.1. The van der Waals surface area contributed by atoms with Crippen LogP contribution in [-0.2, 0) is 11.2 Å². The molecule has 0 bridgehead atoms. The van der Waals surface area contributed by atoms with Crippen LogP contribution in [-0.4, -0.2) is 31.8 Å². The van der Waals surface area contributed by atoms with E-state index in [4.69, 9.17) is 22.1 Å². The van der Waals surface area contributed by atoms with Crippen molar-refractivity contribution >= 4 is 17.5 Å². The Labute approximate surface area is 119 Å². The molecule has 0 aliphatic rings. The maximum absolute atomic E-state index is 11.9. The summed E-state index contributed by atoms with van der Waals surface area (Å²) in [5.74, 6) is -0.640. The van der Waals surface area contributed by atoms with Gasteiger partial charge in [0.1, 0.15) is 12.3 Å². The predicted molar refractivity (Wildman–Crippen MR) is 68.8 cm³/mol. The van der Waals surface area contributed by atoms with Crippen LogP contribution >= 0.6 is 11.6 Å². The Morgan fingerprint density at radius 2 is 2.10 bits per heavy atom. The molecule has 0 aliphatic carbocycles. The third-order valence-electron chi connectivity index (χ3n) is 2.27. The van der Waals surface area contributed by atoms with Gasteiger partial charge in [0.2, 0.25) is 0 Å². The molecule has 0 atom stereocenters. The van der Waals surface area contributed by atoms with Crippen LogP contribution in [0.4, 0.5) is 13.2 Å². The first-order chi connectivity index (χ1) is 9.31. The van der Waals surface area contributed by atoms with Gasteiger partial charge in [0.15, 0.2) is 6.61 Å². The maximum Gasteiger partial charge on any atom is 0.405 e. The second-order valence-corrected chi connectivity index (χ2v) is 4.39. The molecule has 1 rings (SSSR count). The highest BCUT2D eigenvalue weighted by Crippen LogP contribution is 2.25. The van der Waals surface area contributed by atoms with Crippen LogP contribution in [0.3, 0.4) is 0 Å². The molecule has 0 saturated heterocycles. The van der Waals surface area contributed by atoms with Gasteiger partial charge >= 0.3 is 6.18 Å². The third kappa shape index (κ3) is 6.12. The third-order valence-corrected chi connectivity index (χ3v) is 2.57. The van der Waals surface area contributed by atoms with Crippen LogP contribution in [0.25, 0.3) is 0 Å². The van der Waals surface area contributed by atoms with Crippen LogP contribution in [0.2, 0.25) is 5.02 Å². The summed E-state index contributed by atoms with van der Waals surface area (Å²) < 4.78 is 40.7. The van der Waals surface area contributed by atoms with Gasteiger partial charge in [-0.2, -0.15) is 13.2 Å². The standard InChI is InChI=1S/C12H14ClF3N2O2/c13-9-5-8(3-4-17)1-2-10(9)20-6-11(19)18-7-12(14,15)16/h1-2,5H,3-4,6-7,17H2,(H,18,19). The number of carbonyl (C=O) groups excluding carboxylic acids is 1. The molecule has 3 N–H and O–H groups in total. The van der Waals surface area contributed by atoms with Crippen molar-refractivity contribution in [1.82, 2.24) is 5.32 Å². The van der Waals surface area contributed by atoms with Crippen molar-refractivity contribution in [1.29, 1.82) is 0 Å². The number of benzene rings is 1. The Hall–Kier alpha value is -1.47. The lowest BCUT2D eigenvalue weighted by Gasteiger charge is -2.11. The molecule has 0 aromatic heterocycles. The molecule has 8 heteroatoms. The number of amides is 1. The number of halogens is 4. The molecule has 0 radical (unpaired) electrons. The number of alkyl halides is 3. The average molecular weight is 311 g/mol. The first-order valence-corrected chi connectivity index (χ1v) is 6.14. The van der Waals surface area contributed by atoms with Crippen LogP contribution in [0.15, 0.2) is 18.2 Å². The van der Waals surface area contributed by atoms with Crippen LogP contribution < -0.4 is 15.8 Å². The lowest BCUT2D eigenvalue weighted by Crippen LogP contribution is -2.36. The summed E-state index contributed by atoms with van der Waals surface area (Å²) in [7, 11) is 0. The summed E-state index contributed by atoms with van der Waals surface area (Å²) in [4.78, 5) is 11.1. The molecule has 0 spiro atoms. The van der Waals surface area contributed by atoms with Gasteiger partial charge in [-0.15, -0.1) is 0 Å². The van der Waals surface area contributed by atoms with Gasteiger partial charge in [-0.25, -0.2) is 0 Å². The van der Waals surface area contributed by atoms with Gasteiger partial charge in [-0.1, -0.05) is 17.7 Å². The Morgan fingerprint density at radius 1 is 1.40 bits per heavy atom. The predicted octanol–water partition coefficient (Wildman–Crippen LogP) is 1.90. The SMILES string of the molecule is NCCc1ccc(OCC(=O)NCC(F)(F)F)c(Cl)c1. The molecule has 1 aromatic carbocycles. The monoisotopic (exact) mass is 310 g/mol. The molecule has 0 aliphatic heterocycles. The van der Waals surface area contributed by atoms with E-state index in [0.29, 0.717) is 13.0 Å². The van der Waals surface area contributed by atoms with Gasteiger partial charge < -0.3 is 15.8 Å². The van der Waals surface area contributed by atoms with Crippen molar-refractivity contribution < 1.29 is 22.7 Å². The van der Waals surface area contributed by atoms with Crippen LogP contribution in [0.5, 0.6) is 5.75 Å². The zero-order chi connectivity index (χ0) is 15.2. The number of nitrogens with one attached hydrogen (secondary N) is 1. The van der Waals surface area contributed by atoms with E-state index in [2.05, 4.69) is 0 Å². The number of hydrogen-bond donors (Lipinski definition) is 2. The highest BCUT2D eigenvalue weighted by molar-refractivity contribution is 6.32. The summed E-state index contributed by atoms with van der Waals surface area (Å²) in [6.07, 6.45) is -3.80. The van der Waals surface area contributed by atoms with E-state index in [1.165, 1.54) is 0 Å². The highest BCUT2D eigenvalue weighted by Gasteiger charge is 2.27. The fourth-order valence-electron chi connectivity index (χ4n) is 1.38. The van der Waals surface area contributed by atoms with Gasteiger partial charge in [-0.3, -0.25) is 4.79 Å². The highest BCUT2D eigenvalue weighted by atomic mass is 35.5. The van der Waals surface area contributed by atoms with E-state index in [0.717, 1.165) is 5.56 Å². The Morgan fingerprint density at radius 3 is 2.65 bits per heavy atom. The quantitative estimate of drug-likeness (QED) is 0.843. The van der Waals surface area contributed by atoms with Gasteiger partial charge in [0, 0.05) is 0 Å². The van der Waals surface area contributed by atoms with E-state index in [1.54, 1.807) is 23.5 Å². The van der Waals surface area contributed by atoms with E-state index in [9.17, 15) is 18.0 Å². The molecule has 1 aromatic rings. The van der Waals surface area contributed by atoms with Gasteiger partial charge in [-0.05, 0) is 30.7 Å². The fraction of sp³-hybridized carbons (Fsp3) is 0.417. The number of ether oxygens (including phenoxy) is 1. The number of hydrogen-bond acceptors (Lipinski definition) is 3. The summed E-state index contributed by atoms with van der Waals surface area (Å²) in [6.45, 7) is -1.46. The van der Waals surface area contributed by atoms with Crippen molar-refractivity contribution in [3.63, 3.8) is 0 Å². The van der Waals surface area contributed by atoms with E-state index < -0.39 is 25.2 Å². The summed E-state index contributed by atoms with van der Waals surface area (Å²) in [5, 5.41) is 1.97. The molecule has 0 fully saturated rings. The average Bonchev–Trinajstić information content (AvgIpc) is 2.35. The topological polar surface area (TPSA) is 64.3 Å². The largest absolute Gasteiger partial charge is 0.482 e. The Kier molecular flexibility index (Phi) is 6.09. The zero-order valence-electron chi connectivity index (χ0n) is 10.5. The number of nitrogens with two attached hydrogens (primary N) is 1. The Balaban J connectivity index is 2.47. The second-order valence-electron chi connectivity index (χ2n) is 3.98. The van der Waals surface area contributed by atoms with E-state index in [1.807, 2.05) is 0 Å². The molecule has 1 amide bonds. The van der Waals surface area contributed by atoms with Crippen molar-refractivity contribution in [3.8, 4) is 5.75 Å². The lowest BCUT2D eigenvalue weighted by molar-refractivity contribution is -0.139. The van der Waals surface area contributed by atoms with Gasteiger partial charge in [0.25, 0.3) is 5.91 Å². The minimum absolute atomic E-state index is 0.231. The zero-order valence-corrected chi connectivity index (χ0v) is 11.2. The first kappa shape index (κ1) is 16.6. The van der Waals surface area contributed by atoms with Crippen molar-refractivity contribution in [2.45, 2.75) is 12.6 Å². The molecule has 0 saturated carbocycles. The first-order valence-electron chi connectivity index (χ1n) is 5.76.